The molecule has 0 aromatic carbocycles. The largest absolute Gasteiger partial charge is 0.375 e. The van der Waals surface area contributed by atoms with Crippen LogP contribution in [0.15, 0.2) is 0 Å². The minimum Gasteiger partial charge on any atom is -0.375 e. The third-order valence-corrected chi connectivity index (χ3v) is 4.01. The molecule has 0 amide bonds. The van der Waals surface area contributed by atoms with Gasteiger partial charge in [-0.15, -0.1) is 0 Å². The lowest BCUT2D eigenvalue weighted by atomic mass is 9.88. The van der Waals surface area contributed by atoms with Crippen molar-refractivity contribution in [1.82, 2.24) is 0 Å². The molecule has 2 saturated carbocycles. The molecule has 0 aromatic heterocycles. The van der Waals surface area contributed by atoms with Crippen molar-refractivity contribution in [2.24, 2.45) is 11.7 Å². The first-order valence-electron chi connectivity index (χ1n) is 6.65. The summed E-state index contributed by atoms with van der Waals surface area (Å²) < 4.78 is 6.17. The molecule has 2 aliphatic rings. The molecule has 0 aromatic rings. The summed E-state index contributed by atoms with van der Waals surface area (Å²) in [4.78, 5) is 0. The predicted octanol–water partition coefficient (Wildman–Crippen LogP) is 2.85. The van der Waals surface area contributed by atoms with E-state index in [1.165, 1.54) is 44.9 Å². The van der Waals surface area contributed by atoms with Gasteiger partial charge in [-0.3, -0.25) is 0 Å². The standard InChI is InChI=1S/C13H25NO/c1-10-5-7-12(8-6-10)15-13-4-2-3-11(14)9-13/h10-13H,2-9,14H2,1H3. The first-order valence-corrected chi connectivity index (χ1v) is 6.65. The monoisotopic (exact) mass is 211 g/mol. The minimum atomic E-state index is 0.395. The topological polar surface area (TPSA) is 35.2 Å². The van der Waals surface area contributed by atoms with Crippen LogP contribution in [0.3, 0.4) is 0 Å². The van der Waals surface area contributed by atoms with Crippen molar-refractivity contribution in [3.63, 3.8) is 0 Å². The smallest absolute Gasteiger partial charge is 0.0593 e. The Morgan fingerprint density at radius 3 is 2.33 bits per heavy atom. The lowest BCUT2D eigenvalue weighted by Gasteiger charge is -2.33. The van der Waals surface area contributed by atoms with Crippen LogP contribution in [0.5, 0.6) is 0 Å². The Kier molecular flexibility index (Phi) is 4.04. The van der Waals surface area contributed by atoms with Gasteiger partial charge >= 0.3 is 0 Å². The third-order valence-electron chi connectivity index (χ3n) is 4.01. The summed E-state index contributed by atoms with van der Waals surface area (Å²) in [6, 6.07) is 0.395. The molecule has 0 aliphatic heterocycles. The van der Waals surface area contributed by atoms with Crippen molar-refractivity contribution in [3.8, 4) is 0 Å². The van der Waals surface area contributed by atoms with E-state index in [0.717, 1.165) is 12.3 Å². The molecule has 88 valence electrons. The molecule has 2 rings (SSSR count). The zero-order valence-electron chi connectivity index (χ0n) is 9.95. The predicted molar refractivity (Wildman–Crippen MR) is 62.7 cm³/mol. The van der Waals surface area contributed by atoms with E-state index in [1.807, 2.05) is 0 Å². The Hall–Kier alpha value is -0.0800. The molecule has 0 radical (unpaired) electrons. The number of hydrogen-bond acceptors (Lipinski definition) is 2. The van der Waals surface area contributed by atoms with Crippen LogP contribution in [0, 0.1) is 5.92 Å². The summed E-state index contributed by atoms with van der Waals surface area (Å²) >= 11 is 0. The summed E-state index contributed by atoms with van der Waals surface area (Å²) in [7, 11) is 0. The molecule has 0 bridgehead atoms. The van der Waals surface area contributed by atoms with Crippen molar-refractivity contribution in [2.75, 3.05) is 0 Å². The molecule has 2 atom stereocenters. The zero-order valence-corrected chi connectivity index (χ0v) is 9.95. The summed E-state index contributed by atoms with van der Waals surface area (Å²) in [5, 5.41) is 0. The van der Waals surface area contributed by atoms with E-state index in [0.29, 0.717) is 18.2 Å². The maximum Gasteiger partial charge on any atom is 0.0593 e. The minimum absolute atomic E-state index is 0.395. The van der Waals surface area contributed by atoms with E-state index in [1.54, 1.807) is 0 Å². The molecule has 2 heteroatoms. The second kappa shape index (κ2) is 5.31. The fraction of sp³-hybridized carbons (Fsp3) is 1.00. The summed E-state index contributed by atoms with van der Waals surface area (Å²) in [6.45, 7) is 2.35. The number of rotatable bonds is 2. The van der Waals surface area contributed by atoms with Crippen LogP contribution in [-0.4, -0.2) is 18.2 Å². The van der Waals surface area contributed by atoms with Gasteiger partial charge in [0.05, 0.1) is 12.2 Å². The third kappa shape index (κ3) is 3.46. The lowest BCUT2D eigenvalue weighted by molar-refractivity contribution is -0.0526. The first kappa shape index (κ1) is 11.4. The zero-order chi connectivity index (χ0) is 10.7. The maximum absolute atomic E-state index is 6.17. The molecule has 2 nitrogen and oxygen atoms in total. The summed E-state index contributed by atoms with van der Waals surface area (Å²) in [5.74, 6) is 0.915. The summed E-state index contributed by atoms with van der Waals surface area (Å²) in [6.07, 6.45) is 11.0. The van der Waals surface area contributed by atoms with E-state index in [-0.39, 0.29) is 0 Å². The molecule has 15 heavy (non-hydrogen) atoms. The van der Waals surface area contributed by atoms with Crippen LogP contribution in [0.1, 0.15) is 58.3 Å². The van der Waals surface area contributed by atoms with Crippen molar-refractivity contribution < 1.29 is 4.74 Å². The Labute approximate surface area is 93.6 Å². The van der Waals surface area contributed by atoms with Crippen LogP contribution >= 0.6 is 0 Å². The molecular formula is C13H25NO. The normalized spacial score (nSPS) is 42.8. The van der Waals surface area contributed by atoms with Crippen LogP contribution in [-0.2, 0) is 4.74 Å². The molecule has 0 saturated heterocycles. The Morgan fingerprint density at radius 2 is 1.67 bits per heavy atom. The highest BCUT2D eigenvalue weighted by atomic mass is 16.5. The van der Waals surface area contributed by atoms with Gasteiger partial charge in [0.25, 0.3) is 0 Å². The van der Waals surface area contributed by atoms with Gasteiger partial charge in [-0.25, -0.2) is 0 Å². The van der Waals surface area contributed by atoms with Gasteiger partial charge in [0.2, 0.25) is 0 Å². The fourth-order valence-electron chi connectivity index (χ4n) is 2.94. The Morgan fingerprint density at radius 1 is 0.933 bits per heavy atom. The van der Waals surface area contributed by atoms with Gasteiger partial charge in [-0.2, -0.15) is 0 Å². The quantitative estimate of drug-likeness (QED) is 0.762. The van der Waals surface area contributed by atoms with Crippen molar-refractivity contribution in [1.29, 1.82) is 0 Å². The molecule has 2 unspecified atom stereocenters. The van der Waals surface area contributed by atoms with E-state index in [9.17, 15) is 0 Å². The van der Waals surface area contributed by atoms with Crippen LogP contribution in [0.2, 0.25) is 0 Å². The number of nitrogens with two attached hydrogens (primary N) is 1. The summed E-state index contributed by atoms with van der Waals surface area (Å²) in [5.41, 5.74) is 5.97. The lowest BCUT2D eigenvalue weighted by Crippen LogP contribution is -2.35. The van der Waals surface area contributed by atoms with Crippen molar-refractivity contribution >= 4 is 0 Å². The van der Waals surface area contributed by atoms with E-state index < -0.39 is 0 Å². The highest BCUT2D eigenvalue weighted by Crippen LogP contribution is 2.29. The van der Waals surface area contributed by atoms with Gasteiger partial charge in [-0.05, 0) is 57.3 Å². The fourth-order valence-corrected chi connectivity index (χ4v) is 2.94. The molecule has 0 spiro atoms. The van der Waals surface area contributed by atoms with Gasteiger partial charge < -0.3 is 10.5 Å². The molecular weight excluding hydrogens is 186 g/mol. The molecule has 2 aliphatic carbocycles. The van der Waals surface area contributed by atoms with E-state index >= 15 is 0 Å². The maximum atomic E-state index is 6.17. The Balaban J connectivity index is 1.71. The second-order valence-corrected chi connectivity index (χ2v) is 5.57. The first-order chi connectivity index (χ1) is 7.24. The highest BCUT2D eigenvalue weighted by molar-refractivity contribution is 4.78. The van der Waals surface area contributed by atoms with Gasteiger partial charge in [0.1, 0.15) is 0 Å². The SMILES string of the molecule is CC1CCC(OC2CCCC(N)C2)CC1. The van der Waals surface area contributed by atoms with Gasteiger partial charge in [0.15, 0.2) is 0 Å². The molecule has 0 heterocycles. The van der Waals surface area contributed by atoms with E-state index in [2.05, 4.69) is 6.92 Å². The van der Waals surface area contributed by atoms with Crippen LogP contribution in [0.4, 0.5) is 0 Å². The van der Waals surface area contributed by atoms with Gasteiger partial charge in [-0.1, -0.05) is 6.92 Å². The van der Waals surface area contributed by atoms with Crippen LogP contribution < -0.4 is 5.73 Å². The number of hydrogen-bond donors (Lipinski definition) is 1. The van der Waals surface area contributed by atoms with Crippen LogP contribution in [0.25, 0.3) is 0 Å². The highest BCUT2D eigenvalue weighted by Gasteiger charge is 2.25. The van der Waals surface area contributed by atoms with Crippen molar-refractivity contribution in [2.45, 2.75) is 76.5 Å². The average molecular weight is 211 g/mol. The molecule has 2 fully saturated rings. The number of ether oxygens (including phenoxy) is 1. The van der Waals surface area contributed by atoms with Crippen molar-refractivity contribution in [3.05, 3.63) is 0 Å². The second-order valence-electron chi connectivity index (χ2n) is 5.57. The molecule has 2 N–H and O–H groups in total. The average Bonchev–Trinajstić information content (AvgIpc) is 2.22. The Bertz CT molecular complexity index is 187. The van der Waals surface area contributed by atoms with E-state index in [4.69, 9.17) is 10.5 Å². The van der Waals surface area contributed by atoms with Gasteiger partial charge in [0, 0.05) is 6.04 Å².